The van der Waals surface area contributed by atoms with Gasteiger partial charge >= 0.3 is 5.84 Å². The number of fused-ring (bicyclic) bond motifs is 7. The van der Waals surface area contributed by atoms with Crippen LogP contribution in [0, 0.1) is 0 Å². The highest BCUT2D eigenvalue weighted by Gasteiger charge is 2.15. The average Bonchev–Trinajstić information content (AvgIpc) is 3.17. The lowest BCUT2D eigenvalue weighted by Crippen LogP contribution is -2.12. The Morgan fingerprint density at radius 2 is 1.68 bits per heavy atom. The summed E-state index contributed by atoms with van der Waals surface area (Å²) in [6.07, 6.45) is 0. The number of H-pyrrole nitrogens is 1. The molecule has 0 bridgehead atoms. The summed E-state index contributed by atoms with van der Waals surface area (Å²) in [6.45, 7) is 0. The van der Waals surface area contributed by atoms with Crippen molar-refractivity contribution in [3.8, 4) is 0 Å². The summed E-state index contributed by atoms with van der Waals surface area (Å²) in [6, 6.07) is 19.4. The normalized spacial score (nSPS) is 12.2. The monoisotopic (exact) mass is 325 g/mol. The molecule has 0 amide bonds. The Morgan fingerprint density at radius 1 is 0.880 bits per heavy atom. The Balaban J connectivity index is 1.86. The van der Waals surface area contributed by atoms with E-state index in [1.165, 1.54) is 0 Å². The zero-order valence-electron chi connectivity index (χ0n) is 13.0. The Hall–Kier alpha value is -3.60. The smallest absolute Gasteiger partial charge is 0.310 e. The van der Waals surface area contributed by atoms with Gasteiger partial charge in [-0.2, -0.15) is 4.98 Å². The van der Waals surface area contributed by atoms with Gasteiger partial charge in [-0.3, -0.25) is 4.79 Å². The van der Waals surface area contributed by atoms with Gasteiger partial charge in [-0.05, 0) is 30.3 Å². The molecule has 0 aliphatic carbocycles. The number of aromatic nitrogens is 3. The molecule has 118 valence electrons. The molecular formula is C20H11N3O2. The van der Waals surface area contributed by atoms with Gasteiger partial charge in [-0.1, -0.05) is 30.3 Å². The van der Waals surface area contributed by atoms with Crippen molar-refractivity contribution in [1.29, 1.82) is 0 Å². The molecule has 0 atom stereocenters. The fourth-order valence-electron chi connectivity index (χ4n) is 3.62. The Bertz CT molecular complexity index is 1520. The molecule has 0 aliphatic heterocycles. The first-order chi connectivity index (χ1) is 12.3. The maximum atomic E-state index is 12.9. The largest absolute Gasteiger partial charge is 0.424 e. The molecule has 0 saturated carbocycles. The Morgan fingerprint density at radius 3 is 2.60 bits per heavy atom. The van der Waals surface area contributed by atoms with Crippen LogP contribution in [0.25, 0.3) is 49.7 Å². The second-order valence-corrected chi connectivity index (χ2v) is 6.19. The molecule has 3 heterocycles. The third-order valence-electron chi connectivity index (χ3n) is 4.77. The number of imidazole rings is 1. The number of rotatable bonds is 0. The van der Waals surface area contributed by atoms with Crippen molar-refractivity contribution in [2.75, 3.05) is 0 Å². The third-order valence-corrected chi connectivity index (χ3v) is 4.77. The summed E-state index contributed by atoms with van der Waals surface area (Å²) < 4.78 is 7.39. The lowest BCUT2D eigenvalue weighted by atomic mass is 10.1. The van der Waals surface area contributed by atoms with Crippen LogP contribution in [-0.2, 0) is 0 Å². The van der Waals surface area contributed by atoms with Crippen molar-refractivity contribution in [2.45, 2.75) is 0 Å². The molecule has 0 spiro atoms. The predicted octanol–water partition coefficient (Wildman–Crippen LogP) is 4.23. The molecule has 3 aromatic carbocycles. The molecule has 3 aromatic heterocycles. The summed E-state index contributed by atoms with van der Waals surface area (Å²) in [5.74, 6) is 0.315. The van der Waals surface area contributed by atoms with Crippen LogP contribution in [0.5, 0.6) is 0 Å². The van der Waals surface area contributed by atoms with Gasteiger partial charge in [-0.25, -0.2) is 4.40 Å². The molecule has 5 nitrogen and oxygen atoms in total. The summed E-state index contributed by atoms with van der Waals surface area (Å²) >= 11 is 0. The zero-order valence-corrected chi connectivity index (χ0v) is 13.0. The van der Waals surface area contributed by atoms with Crippen LogP contribution in [0.1, 0.15) is 0 Å². The van der Waals surface area contributed by atoms with E-state index in [9.17, 15) is 4.79 Å². The minimum Gasteiger partial charge on any atom is -0.424 e. The minimum absolute atomic E-state index is 0.116. The van der Waals surface area contributed by atoms with Crippen LogP contribution in [0.2, 0.25) is 0 Å². The van der Waals surface area contributed by atoms with Gasteiger partial charge in [0.05, 0.1) is 16.4 Å². The molecule has 6 aromatic rings. The van der Waals surface area contributed by atoms with Crippen molar-refractivity contribution in [3.63, 3.8) is 0 Å². The van der Waals surface area contributed by atoms with E-state index >= 15 is 0 Å². The van der Waals surface area contributed by atoms with E-state index in [2.05, 4.69) is 16.0 Å². The number of nitrogens with zero attached hydrogens (tertiary/aromatic N) is 2. The lowest BCUT2D eigenvalue weighted by molar-refractivity contribution is 0.616. The SMILES string of the molecule is O=c1c2ccccc2oc2nc3cc4c(cc3n12)[nH]c1ccccc14. The molecule has 0 radical (unpaired) electrons. The average molecular weight is 325 g/mol. The van der Waals surface area contributed by atoms with Crippen molar-refractivity contribution in [1.82, 2.24) is 14.4 Å². The first kappa shape index (κ1) is 12.8. The predicted molar refractivity (Wildman–Crippen MR) is 98.1 cm³/mol. The topological polar surface area (TPSA) is 63.3 Å². The second-order valence-electron chi connectivity index (χ2n) is 6.19. The fourth-order valence-corrected chi connectivity index (χ4v) is 3.62. The molecule has 0 fully saturated rings. The van der Waals surface area contributed by atoms with E-state index in [-0.39, 0.29) is 5.56 Å². The van der Waals surface area contributed by atoms with Gasteiger partial charge in [0.15, 0.2) is 0 Å². The highest BCUT2D eigenvalue weighted by molar-refractivity contribution is 6.11. The number of aromatic amines is 1. The summed E-state index contributed by atoms with van der Waals surface area (Å²) in [7, 11) is 0. The van der Waals surface area contributed by atoms with Crippen LogP contribution in [0.4, 0.5) is 0 Å². The van der Waals surface area contributed by atoms with Gasteiger partial charge in [0.2, 0.25) is 0 Å². The van der Waals surface area contributed by atoms with Crippen LogP contribution in [0.3, 0.4) is 0 Å². The second kappa shape index (κ2) is 4.27. The molecule has 0 saturated heterocycles. The number of benzene rings is 3. The van der Waals surface area contributed by atoms with Gasteiger partial charge in [-0.15, -0.1) is 0 Å². The first-order valence-electron chi connectivity index (χ1n) is 8.04. The molecule has 5 heteroatoms. The van der Waals surface area contributed by atoms with Crippen molar-refractivity contribution in [3.05, 3.63) is 71.0 Å². The number of para-hydroxylation sites is 2. The van der Waals surface area contributed by atoms with E-state index in [4.69, 9.17) is 4.42 Å². The van der Waals surface area contributed by atoms with E-state index in [1.54, 1.807) is 16.5 Å². The summed E-state index contributed by atoms with van der Waals surface area (Å²) in [4.78, 5) is 20.9. The molecule has 1 N–H and O–H groups in total. The molecule has 0 unspecified atom stereocenters. The van der Waals surface area contributed by atoms with Crippen molar-refractivity contribution >= 4 is 49.7 Å². The molecular weight excluding hydrogens is 314 g/mol. The molecule has 0 aliphatic rings. The van der Waals surface area contributed by atoms with Crippen molar-refractivity contribution < 1.29 is 4.42 Å². The van der Waals surface area contributed by atoms with Gasteiger partial charge in [0.1, 0.15) is 5.58 Å². The van der Waals surface area contributed by atoms with Gasteiger partial charge in [0, 0.05) is 21.8 Å². The van der Waals surface area contributed by atoms with Crippen LogP contribution < -0.4 is 5.56 Å². The molecule has 25 heavy (non-hydrogen) atoms. The summed E-state index contributed by atoms with van der Waals surface area (Å²) in [5.41, 5.74) is 3.96. The van der Waals surface area contributed by atoms with Crippen LogP contribution >= 0.6 is 0 Å². The number of hydrogen-bond acceptors (Lipinski definition) is 3. The standard InChI is InChI=1S/C20H11N3O2/c24-19-12-6-2-4-8-18(12)25-20-22-16-9-13-11-5-1-3-7-14(11)21-15(13)10-17(16)23(19)20/h1-10,21H. The summed E-state index contributed by atoms with van der Waals surface area (Å²) in [5, 5.41) is 2.77. The first-order valence-corrected chi connectivity index (χ1v) is 8.04. The Kier molecular flexibility index (Phi) is 2.18. The van der Waals surface area contributed by atoms with Crippen LogP contribution in [0.15, 0.2) is 69.9 Å². The van der Waals surface area contributed by atoms with E-state index in [0.29, 0.717) is 16.8 Å². The highest BCUT2D eigenvalue weighted by Crippen LogP contribution is 2.29. The fraction of sp³-hybridized carbons (Fsp3) is 0. The molecule has 6 rings (SSSR count). The number of hydrogen-bond donors (Lipinski definition) is 1. The maximum absolute atomic E-state index is 12.9. The zero-order chi connectivity index (χ0) is 16.5. The highest BCUT2D eigenvalue weighted by atomic mass is 16.3. The quantitative estimate of drug-likeness (QED) is 0.454. The van der Waals surface area contributed by atoms with E-state index in [0.717, 1.165) is 32.8 Å². The van der Waals surface area contributed by atoms with Crippen molar-refractivity contribution in [2.24, 2.45) is 0 Å². The van der Waals surface area contributed by atoms with Crippen LogP contribution in [-0.4, -0.2) is 14.4 Å². The maximum Gasteiger partial charge on any atom is 0.310 e. The Labute approximate surface area is 140 Å². The number of nitrogens with one attached hydrogen (secondary N) is 1. The van der Waals surface area contributed by atoms with Gasteiger partial charge < -0.3 is 9.40 Å². The van der Waals surface area contributed by atoms with Gasteiger partial charge in [0.25, 0.3) is 5.56 Å². The minimum atomic E-state index is -0.116. The van der Waals surface area contributed by atoms with E-state index < -0.39 is 0 Å². The third kappa shape index (κ3) is 1.57. The lowest BCUT2D eigenvalue weighted by Gasteiger charge is -1.98. The van der Waals surface area contributed by atoms with E-state index in [1.807, 2.05) is 42.5 Å².